The van der Waals surface area contributed by atoms with Crippen molar-refractivity contribution < 1.29 is 19.1 Å². The van der Waals surface area contributed by atoms with Gasteiger partial charge in [-0.05, 0) is 50.2 Å². The molecular weight excluding hydrogens is 356 g/mol. The molecule has 0 aromatic heterocycles. The minimum absolute atomic E-state index is 0.0391. The van der Waals surface area contributed by atoms with Crippen LogP contribution in [-0.2, 0) is 4.79 Å². The third kappa shape index (κ3) is 2.85. The Morgan fingerprint density at radius 1 is 1.25 bits per heavy atom. The summed E-state index contributed by atoms with van der Waals surface area (Å²) in [6.07, 6.45) is 8.13. The highest BCUT2D eigenvalue weighted by molar-refractivity contribution is 5.98. The fourth-order valence-electron chi connectivity index (χ4n) is 5.82. The van der Waals surface area contributed by atoms with E-state index in [2.05, 4.69) is 10.6 Å². The number of hydrogen-bond acceptors (Lipinski definition) is 4. The van der Waals surface area contributed by atoms with Crippen LogP contribution in [0.15, 0.2) is 18.2 Å². The summed E-state index contributed by atoms with van der Waals surface area (Å²) in [7, 11) is 1.61. The first-order valence-corrected chi connectivity index (χ1v) is 10.6. The van der Waals surface area contributed by atoms with Gasteiger partial charge < -0.3 is 20.1 Å². The lowest BCUT2D eigenvalue weighted by atomic mass is 9.60. The molecular formula is C22H28N2O4. The first-order chi connectivity index (χ1) is 13.6. The number of methoxy groups -OCH3 is 1. The van der Waals surface area contributed by atoms with Gasteiger partial charge in [-0.1, -0.05) is 12.8 Å². The second kappa shape index (κ2) is 6.68. The molecule has 1 aromatic rings. The standard InChI is InChI=1S/C22H28N2O4/c1-27-16-8-9-17-19(11-16)28-22(24-21(17)26)12-13-6-7-14(22)10-18(13)20(25)23-15-4-2-3-5-15/h8-9,11,13-15,18H,2-7,10,12H2,1H3,(H,23,25)(H,24,26)/t13-,14+,18-,22+/m1/s1. The van der Waals surface area contributed by atoms with Gasteiger partial charge in [-0.25, -0.2) is 0 Å². The topological polar surface area (TPSA) is 76.7 Å². The molecule has 1 heterocycles. The number of ether oxygens (including phenoxy) is 2. The molecule has 6 rings (SSSR count). The SMILES string of the molecule is COc1ccc2c(c1)O[C@]1(C[C@H]3CC[C@H]1C[C@H]3C(=O)NC1CCCC1)NC2=O. The fraction of sp³-hybridized carbons (Fsp3) is 0.636. The molecule has 4 aliphatic carbocycles. The molecule has 4 atom stereocenters. The van der Waals surface area contributed by atoms with Crippen molar-refractivity contribution in [2.45, 2.75) is 63.1 Å². The van der Waals surface area contributed by atoms with E-state index in [-0.39, 0.29) is 29.6 Å². The molecule has 0 saturated heterocycles. The van der Waals surface area contributed by atoms with Gasteiger partial charge in [-0.2, -0.15) is 0 Å². The maximum Gasteiger partial charge on any atom is 0.258 e. The Morgan fingerprint density at radius 3 is 2.79 bits per heavy atom. The Morgan fingerprint density at radius 2 is 2.07 bits per heavy atom. The van der Waals surface area contributed by atoms with Gasteiger partial charge in [-0.15, -0.1) is 0 Å². The normalized spacial score (nSPS) is 33.9. The summed E-state index contributed by atoms with van der Waals surface area (Å²) in [5, 5.41) is 6.44. The summed E-state index contributed by atoms with van der Waals surface area (Å²) >= 11 is 0. The van der Waals surface area contributed by atoms with Gasteiger partial charge in [0.2, 0.25) is 5.91 Å². The van der Waals surface area contributed by atoms with Crippen LogP contribution in [0.4, 0.5) is 0 Å². The summed E-state index contributed by atoms with van der Waals surface area (Å²) in [5.41, 5.74) is -0.146. The first-order valence-electron chi connectivity index (χ1n) is 10.6. The van der Waals surface area contributed by atoms with Gasteiger partial charge in [0.15, 0.2) is 5.72 Å². The van der Waals surface area contributed by atoms with Crippen molar-refractivity contribution in [3.05, 3.63) is 23.8 Å². The largest absolute Gasteiger partial charge is 0.497 e. The summed E-state index contributed by atoms with van der Waals surface area (Å²) in [6, 6.07) is 5.67. The molecule has 1 spiro atoms. The molecule has 1 aromatic carbocycles. The molecule has 0 radical (unpaired) electrons. The molecule has 4 fully saturated rings. The highest BCUT2D eigenvalue weighted by atomic mass is 16.5. The Balaban J connectivity index is 1.35. The van der Waals surface area contributed by atoms with Crippen molar-refractivity contribution in [3.8, 4) is 11.5 Å². The molecule has 2 amide bonds. The van der Waals surface area contributed by atoms with Gasteiger partial charge in [0.1, 0.15) is 11.5 Å². The number of carbonyl (C=O) groups is 2. The van der Waals surface area contributed by atoms with Crippen molar-refractivity contribution in [3.63, 3.8) is 0 Å². The van der Waals surface area contributed by atoms with Gasteiger partial charge >= 0.3 is 0 Å². The first kappa shape index (κ1) is 17.8. The number of benzene rings is 1. The number of carbonyl (C=O) groups excluding carboxylic acids is 2. The number of rotatable bonds is 3. The van der Waals surface area contributed by atoms with Crippen LogP contribution in [-0.4, -0.2) is 30.7 Å². The molecule has 0 unspecified atom stereocenters. The van der Waals surface area contributed by atoms with E-state index in [0.717, 1.165) is 32.1 Å². The molecule has 1 aliphatic heterocycles. The lowest BCUT2D eigenvalue weighted by molar-refractivity contribution is -0.147. The summed E-state index contributed by atoms with van der Waals surface area (Å²) in [4.78, 5) is 25.7. The highest BCUT2D eigenvalue weighted by Crippen LogP contribution is 2.52. The van der Waals surface area contributed by atoms with Crippen LogP contribution in [0, 0.1) is 17.8 Å². The summed E-state index contributed by atoms with van der Waals surface area (Å²) < 4.78 is 11.7. The molecule has 2 N–H and O–H groups in total. The van der Waals surface area contributed by atoms with Crippen LogP contribution < -0.4 is 20.1 Å². The highest BCUT2D eigenvalue weighted by Gasteiger charge is 2.57. The number of amides is 2. The van der Waals surface area contributed by atoms with Gasteiger partial charge in [-0.3, -0.25) is 9.59 Å². The lowest BCUT2D eigenvalue weighted by Crippen LogP contribution is -2.67. The summed E-state index contributed by atoms with van der Waals surface area (Å²) in [6.45, 7) is 0. The van der Waals surface area contributed by atoms with Gasteiger partial charge in [0.25, 0.3) is 5.91 Å². The van der Waals surface area contributed by atoms with Crippen molar-refractivity contribution >= 4 is 11.8 Å². The number of nitrogens with one attached hydrogen (secondary N) is 2. The van der Waals surface area contributed by atoms with E-state index >= 15 is 0 Å². The molecule has 4 saturated carbocycles. The van der Waals surface area contributed by atoms with Crippen molar-refractivity contribution in [1.82, 2.24) is 10.6 Å². The monoisotopic (exact) mass is 384 g/mol. The van der Waals surface area contributed by atoms with Gasteiger partial charge in [0, 0.05) is 30.4 Å². The second-order valence-electron chi connectivity index (χ2n) is 8.88. The van der Waals surface area contributed by atoms with Crippen molar-refractivity contribution in [1.29, 1.82) is 0 Å². The molecule has 150 valence electrons. The maximum absolute atomic E-state index is 12.9. The second-order valence-corrected chi connectivity index (χ2v) is 8.88. The Labute approximate surface area is 165 Å². The van der Waals surface area contributed by atoms with E-state index in [9.17, 15) is 9.59 Å². The van der Waals surface area contributed by atoms with Crippen LogP contribution in [0.1, 0.15) is 61.7 Å². The molecule has 6 heteroatoms. The zero-order valence-corrected chi connectivity index (χ0v) is 16.3. The zero-order chi connectivity index (χ0) is 19.3. The minimum atomic E-state index is -0.691. The third-order valence-corrected chi connectivity index (χ3v) is 7.31. The predicted molar refractivity (Wildman–Crippen MR) is 103 cm³/mol. The average Bonchev–Trinajstić information content (AvgIpc) is 3.20. The zero-order valence-electron chi connectivity index (χ0n) is 16.3. The molecule has 6 nitrogen and oxygen atoms in total. The smallest absolute Gasteiger partial charge is 0.258 e. The molecule has 28 heavy (non-hydrogen) atoms. The summed E-state index contributed by atoms with van der Waals surface area (Å²) in [5.74, 6) is 1.82. The fourth-order valence-corrected chi connectivity index (χ4v) is 5.82. The van der Waals surface area contributed by atoms with E-state index in [4.69, 9.17) is 9.47 Å². The van der Waals surface area contributed by atoms with Crippen molar-refractivity contribution in [2.24, 2.45) is 17.8 Å². The maximum atomic E-state index is 12.9. The van der Waals surface area contributed by atoms with Crippen molar-refractivity contribution in [2.75, 3.05) is 7.11 Å². The number of hydrogen-bond donors (Lipinski definition) is 2. The Kier molecular flexibility index (Phi) is 4.25. The third-order valence-electron chi connectivity index (χ3n) is 7.31. The van der Waals surface area contributed by atoms with E-state index in [0.29, 0.717) is 29.5 Å². The Hall–Kier alpha value is -2.24. The lowest BCUT2D eigenvalue weighted by Gasteiger charge is -2.55. The predicted octanol–water partition coefficient (Wildman–Crippen LogP) is 3.01. The van der Waals surface area contributed by atoms with E-state index in [1.165, 1.54) is 12.8 Å². The van der Waals surface area contributed by atoms with Crippen LogP contribution in [0.5, 0.6) is 11.5 Å². The number of fused-ring (bicyclic) bond motifs is 3. The Bertz CT molecular complexity index is 804. The van der Waals surface area contributed by atoms with Crippen LogP contribution in [0.2, 0.25) is 0 Å². The molecule has 2 bridgehead atoms. The minimum Gasteiger partial charge on any atom is -0.497 e. The van der Waals surface area contributed by atoms with E-state index in [1.54, 1.807) is 25.3 Å². The van der Waals surface area contributed by atoms with E-state index < -0.39 is 5.72 Å². The average molecular weight is 384 g/mol. The van der Waals surface area contributed by atoms with E-state index in [1.807, 2.05) is 0 Å². The van der Waals surface area contributed by atoms with Crippen LogP contribution in [0.25, 0.3) is 0 Å². The quantitative estimate of drug-likeness (QED) is 0.840. The molecule has 5 aliphatic rings. The van der Waals surface area contributed by atoms with Gasteiger partial charge in [0.05, 0.1) is 12.7 Å². The van der Waals surface area contributed by atoms with Crippen LogP contribution >= 0.6 is 0 Å². The van der Waals surface area contributed by atoms with Crippen LogP contribution in [0.3, 0.4) is 0 Å².